The van der Waals surface area contributed by atoms with Gasteiger partial charge in [0.2, 0.25) is 0 Å². The zero-order valence-electron chi connectivity index (χ0n) is 7.72. The molecule has 1 aliphatic carbocycles. The molecule has 0 unspecified atom stereocenters. The maximum atomic E-state index is 7.01. The lowest BCUT2D eigenvalue weighted by Gasteiger charge is -1.81. The van der Waals surface area contributed by atoms with Crippen LogP contribution >= 0.6 is 0 Å². The number of allylic oxidation sites excluding steroid dienone is 2. The minimum atomic E-state index is 0.671. The third kappa shape index (κ3) is 6.99. The van der Waals surface area contributed by atoms with Crippen molar-refractivity contribution in [3.8, 4) is 0 Å². The lowest BCUT2D eigenvalue weighted by Crippen LogP contribution is -1.88. The normalized spacial score (nSPS) is 16.0. The molecule has 1 saturated carbocycles. The SMILES string of the molecule is C/C(N)=C/C=N.CC(=N)C1CC1. The number of nitrogens with one attached hydrogen (secondary N) is 2. The second kappa shape index (κ2) is 5.52. The van der Waals surface area contributed by atoms with E-state index in [2.05, 4.69) is 0 Å². The van der Waals surface area contributed by atoms with Gasteiger partial charge >= 0.3 is 0 Å². The Kier molecular flexibility index (Phi) is 5.00. The summed E-state index contributed by atoms with van der Waals surface area (Å²) < 4.78 is 0. The Bertz CT molecular complexity index is 186. The van der Waals surface area contributed by atoms with Crippen molar-refractivity contribution in [1.29, 1.82) is 10.8 Å². The molecule has 1 fully saturated rings. The van der Waals surface area contributed by atoms with Gasteiger partial charge in [-0.25, -0.2) is 0 Å². The fourth-order valence-electron chi connectivity index (χ4n) is 0.648. The molecular formula is C9H17N3. The van der Waals surface area contributed by atoms with Gasteiger partial charge in [-0.15, -0.1) is 0 Å². The first-order chi connectivity index (χ1) is 5.57. The lowest BCUT2D eigenvalue weighted by atomic mass is 10.3. The summed E-state index contributed by atoms with van der Waals surface area (Å²) in [6, 6.07) is 0. The monoisotopic (exact) mass is 167 g/mol. The van der Waals surface area contributed by atoms with Crippen LogP contribution in [-0.4, -0.2) is 11.9 Å². The summed E-state index contributed by atoms with van der Waals surface area (Å²) in [4.78, 5) is 0. The van der Waals surface area contributed by atoms with E-state index in [-0.39, 0.29) is 0 Å². The molecule has 0 heterocycles. The molecule has 1 rings (SSSR count). The molecule has 4 N–H and O–H groups in total. The molecule has 0 saturated heterocycles. The van der Waals surface area contributed by atoms with Crippen molar-refractivity contribution in [2.24, 2.45) is 11.7 Å². The van der Waals surface area contributed by atoms with Crippen molar-refractivity contribution < 1.29 is 0 Å². The van der Waals surface area contributed by atoms with E-state index >= 15 is 0 Å². The summed E-state index contributed by atoms with van der Waals surface area (Å²) in [7, 11) is 0. The summed E-state index contributed by atoms with van der Waals surface area (Å²) in [5, 5.41) is 13.5. The van der Waals surface area contributed by atoms with Crippen molar-refractivity contribution in [2.45, 2.75) is 26.7 Å². The highest BCUT2D eigenvalue weighted by atomic mass is 14.5. The van der Waals surface area contributed by atoms with Crippen LogP contribution in [0, 0.1) is 16.7 Å². The first-order valence-electron chi connectivity index (χ1n) is 4.05. The zero-order valence-corrected chi connectivity index (χ0v) is 7.72. The predicted octanol–water partition coefficient (Wildman–Crippen LogP) is 1.93. The van der Waals surface area contributed by atoms with Crippen LogP contribution in [-0.2, 0) is 0 Å². The van der Waals surface area contributed by atoms with Crippen LogP contribution in [0.4, 0.5) is 0 Å². The molecule has 3 heteroatoms. The maximum Gasteiger partial charge on any atom is 0.0194 e. The molecule has 12 heavy (non-hydrogen) atoms. The summed E-state index contributed by atoms with van der Waals surface area (Å²) in [5.74, 6) is 0.685. The van der Waals surface area contributed by atoms with Gasteiger partial charge in [0, 0.05) is 17.6 Å². The Balaban J connectivity index is 0.000000202. The van der Waals surface area contributed by atoms with Gasteiger partial charge in [0.05, 0.1) is 0 Å². The highest BCUT2D eigenvalue weighted by Crippen LogP contribution is 2.29. The fourth-order valence-corrected chi connectivity index (χ4v) is 0.648. The minimum Gasteiger partial charge on any atom is -0.402 e. The highest BCUT2D eigenvalue weighted by molar-refractivity contribution is 5.83. The van der Waals surface area contributed by atoms with Gasteiger partial charge in [-0.05, 0) is 38.7 Å². The van der Waals surface area contributed by atoms with Gasteiger partial charge in [0.25, 0.3) is 0 Å². The minimum absolute atomic E-state index is 0.671. The third-order valence-corrected chi connectivity index (χ3v) is 1.54. The third-order valence-electron chi connectivity index (χ3n) is 1.54. The van der Waals surface area contributed by atoms with Crippen LogP contribution in [0.2, 0.25) is 0 Å². The van der Waals surface area contributed by atoms with Crippen molar-refractivity contribution >= 4 is 11.9 Å². The predicted molar refractivity (Wildman–Crippen MR) is 52.9 cm³/mol. The molecule has 0 radical (unpaired) electrons. The fraction of sp³-hybridized carbons (Fsp3) is 0.556. The number of rotatable bonds is 2. The molecule has 0 bridgehead atoms. The Morgan fingerprint density at radius 2 is 1.92 bits per heavy atom. The molecule has 3 nitrogen and oxygen atoms in total. The Labute approximate surface area is 73.7 Å². The van der Waals surface area contributed by atoms with E-state index in [9.17, 15) is 0 Å². The number of hydrogen-bond donors (Lipinski definition) is 3. The van der Waals surface area contributed by atoms with Crippen molar-refractivity contribution in [3.05, 3.63) is 11.8 Å². The first-order valence-corrected chi connectivity index (χ1v) is 4.05. The van der Waals surface area contributed by atoms with Crippen molar-refractivity contribution in [2.75, 3.05) is 0 Å². The van der Waals surface area contributed by atoms with E-state index in [0.29, 0.717) is 11.6 Å². The van der Waals surface area contributed by atoms with Gasteiger partial charge in [0.1, 0.15) is 0 Å². The van der Waals surface area contributed by atoms with E-state index in [1.807, 2.05) is 6.92 Å². The van der Waals surface area contributed by atoms with Crippen LogP contribution in [0.3, 0.4) is 0 Å². The Hall–Kier alpha value is -1.12. The summed E-state index contributed by atoms with van der Waals surface area (Å²) in [5.41, 5.74) is 6.65. The molecule has 0 aromatic rings. The lowest BCUT2D eigenvalue weighted by molar-refractivity contribution is 1.15. The van der Waals surface area contributed by atoms with Crippen LogP contribution in [0.15, 0.2) is 11.8 Å². The molecule has 0 atom stereocenters. The molecule has 1 aliphatic rings. The highest BCUT2D eigenvalue weighted by Gasteiger charge is 2.22. The molecule has 0 aromatic heterocycles. The summed E-state index contributed by atoms with van der Waals surface area (Å²) in [6.45, 7) is 3.63. The van der Waals surface area contributed by atoms with Crippen molar-refractivity contribution in [1.82, 2.24) is 0 Å². The molecular weight excluding hydrogens is 150 g/mol. The van der Waals surface area contributed by atoms with Gasteiger partial charge in [0.15, 0.2) is 0 Å². The molecule has 0 aliphatic heterocycles. The Morgan fingerprint density at radius 3 is 1.92 bits per heavy atom. The van der Waals surface area contributed by atoms with Crippen LogP contribution in [0.25, 0.3) is 0 Å². The molecule has 0 aromatic carbocycles. The average Bonchev–Trinajstić information content (AvgIpc) is 2.67. The van der Waals surface area contributed by atoms with E-state index in [1.54, 1.807) is 6.92 Å². The maximum absolute atomic E-state index is 7.01. The van der Waals surface area contributed by atoms with Gasteiger partial charge in [-0.1, -0.05) is 0 Å². The zero-order chi connectivity index (χ0) is 9.56. The molecule has 0 spiro atoms. The van der Waals surface area contributed by atoms with Crippen LogP contribution in [0.1, 0.15) is 26.7 Å². The van der Waals surface area contributed by atoms with E-state index in [0.717, 1.165) is 11.9 Å². The van der Waals surface area contributed by atoms with E-state index in [1.165, 1.54) is 18.9 Å². The van der Waals surface area contributed by atoms with E-state index < -0.39 is 0 Å². The standard InChI is InChI=1S/C5H9N.C4H8N2/c1-4(6)5-2-3-5;1-4(6)2-3-5/h5-6H,2-3H2,1H3;2-3,5H,6H2,1H3/b;4-2-,5-3?. The van der Waals surface area contributed by atoms with Crippen LogP contribution in [0.5, 0.6) is 0 Å². The molecule has 68 valence electrons. The quantitative estimate of drug-likeness (QED) is 0.540. The molecule has 0 amide bonds. The summed E-state index contributed by atoms with van der Waals surface area (Å²) in [6.07, 6.45) is 5.24. The second-order valence-corrected chi connectivity index (χ2v) is 3.03. The largest absolute Gasteiger partial charge is 0.402 e. The van der Waals surface area contributed by atoms with Gasteiger partial charge < -0.3 is 16.6 Å². The first kappa shape index (κ1) is 10.9. The topological polar surface area (TPSA) is 73.7 Å². The van der Waals surface area contributed by atoms with Gasteiger partial charge in [-0.3, -0.25) is 0 Å². The number of hydrogen-bond acceptors (Lipinski definition) is 3. The second-order valence-electron chi connectivity index (χ2n) is 3.03. The van der Waals surface area contributed by atoms with Crippen molar-refractivity contribution in [3.63, 3.8) is 0 Å². The summed E-state index contributed by atoms with van der Waals surface area (Å²) >= 11 is 0. The van der Waals surface area contributed by atoms with Gasteiger partial charge in [-0.2, -0.15) is 0 Å². The smallest absolute Gasteiger partial charge is 0.0194 e. The van der Waals surface area contributed by atoms with E-state index in [4.69, 9.17) is 16.6 Å². The average molecular weight is 167 g/mol. The number of nitrogens with two attached hydrogens (primary N) is 1. The Morgan fingerprint density at radius 1 is 1.42 bits per heavy atom. The van der Waals surface area contributed by atoms with Crippen LogP contribution < -0.4 is 5.73 Å².